The Labute approximate surface area is 220 Å². The molecule has 0 amide bonds. The van der Waals surface area contributed by atoms with Gasteiger partial charge in [0.2, 0.25) is 5.78 Å². The van der Waals surface area contributed by atoms with Crippen LogP contribution in [0.2, 0.25) is 5.02 Å². The summed E-state index contributed by atoms with van der Waals surface area (Å²) in [6, 6.07) is 7.04. The maximum absolute atomic E-state index is 14.8. The van der Waals surface area contributed by atoms with Gasteiger partial charge in [0.15, 0.2) is 0 Å². The van der Waals surface area contributed by atoms with Crippen LogP contribution in [-0.2, 0) is 27.5 Å². The molecule has 3 N–H and O–H groups in total. The van der Waals surface area contributed by atoms with E-state index in [9.17, 15) is 22.7 Å². The maximum atomic E-state index is 14.8. The number of nitrogens with two attached hydrogens (primary N) is 1. The zero-order valence-corrected chi connectivity index (χ0v) is 21.8. The van der Waals surface area contributed by atoms with Crippen molar-refractivity contribution in [3.8, 4) is 0 Å². The quantitative estimate of drug-likeness (QED) is 0.355. The lowest BCUT2D eigenvalue weighted by molar-refractivity contribution is 0.0438. The minimum atomic E-state index is -4.22. The van der Waals surface area contributed by atoms with E-state index >= 15 is 0 Å². The Kier molecular flexibility index (Phi) is 8.17. The van der Waals surface area contributed by atoms with Gasteiger partial charge in [-0.1, -0.05) is 17.7 Å². The maximum Gasteiger partial charge on any atom is 0.333 e. The Hall–Kier alpha value is -2.29. The van der Waals surface area contributed by atoms with Crippen LogP contribution in [-0.4, -0.2) is 57.9 Å². The number of carbonyl (C=O) groups excluding carboxylic acids is 1. The van der Waals surface area contributed by atoms with Crippen LogP contribution in [0.15, 0.2) is 47.5 Å². The molecule has 0 saturated heterocycles. The molecule has 0 radical (unpaired) electrons. The van der Waals surface area contributed by atoms with Crippen LogP contribution in [0.4, 0.5) is 4.39 Å². The first-order valence-electron chi connectivity index (χ1n) is 10.8. The van der Waals surface area contributed by atoms with Gasteiger partial charge in [-0.05, 0) is 58.5 Å². The number of aliphatic hydroxyl groups excluding tert-OH is 1. The summed E-state index contributed by atoms with van der Waals surface area (Å²) in [6.45, 7) is -0.0270. The number of ketones is 1. The number of halogens is 3. The number of hydrogen-bond acceptors (Lipinski definition) is 8. The van der Waals surface area contributed by atoms with Crippen molar-refractivity contribution in [1.29, 1.82) is 0 Å². The summed E-state index contributed by atoms with van der Waals surface area (Å²) in [7, 11) is -4.22. The molecule has 10 nitrogen and oxygen atoms in total. The van der Waals surface area contributed by atoms with E-state index < -0.39 is 46.8 Å². The largest absolute Gasteiger partial charge is 0.390 e. The van der Waals surface area contributed by atoms with Crippen molar-refractivity contribution in [3.63, 3.8) is 0 Å². The molecule has 4 atom stereocenters. The Bertz CT molecular complexity index is 1370. The molecule has 0 aliphatic heterocycles. The van der Waals surface area contributed by atoms with Crippen molar-refractivity contribution in [1.82, 2.24) is 19.7 Å². The highest BCUT2D eigenvalue weighted by molar-refractivity contribution is 9.10. The summed E-state index contributed by atoms with van der Waals surface area (Å²) < 4.78 is 43.8. The van der Waals surface area contributed by atoms with Crippen LogP contribution in [0.25, 0.3) is 0 Å². The predicted octanol–water partition coefficient (Wildman–Crippen LogP) is 2.47. The average molecular weight is 603 g/mol. The normalized spacial score (nSPS) is 22.1. The molecule has 192 valence electrons. The molecule has 0 bridgehead atoms. The van der Waals surface area contributed by atoms with E-state index in [2.05, 4.69) is 35.2 Å². The molecule has 1 aromatic carbocycles. The highest BCUT2D eigenvalue weighted by Gasteiger charge is 2.43. The summed E-state index contributed by atoms with van der Waals surface area (Å²) in [5.74, 6) is -1.91. The fourth-order valence-corrected chi connectivity index (χ4v) is 5.14. The van der Waals surface area contributed by atoms with Crippen molar-refractivity contribution in [2.24, 2.45) is 17.0 Å². The SMILES string of the molecule is NS(=O)(=O)OC[C@H]1C[C@@H](Cc2ncncc2C(=O)c2ccn(Cc3ccc(Cl)c(Br)c3)n2)[C@@H](F)[C@@H]1O. The van der Waals surface area contributed by atoms with Gasteiger partial charge >= 0.3 is 10.3 Å². The van der Waals surface area contributed by atoms with Gasteiger partial charge in [0.1, 0.15) is 18.2 Å². The van der Waals surface area contributed by atoms with Crippen LogP contribution >= 0.6 is 27.5 Å². The number of nitrogens with zero attached hydrogens (tertiary/aromatic N) is 4. The number of rotatable bonds is 9. The van der Waals surface area contributed by atoms with Crippen molar-refractivity contribution in [3.05, 3.63) is 75.0 Å². The van der Waals surface area contributed by atoms with Crippen molar-refractivity contribution >= 4 is 43.6 Å². The first kappa shape index (κ1) is 26.8. The third-order valence-electron chi connectivity index (χ3n) is 6.01. The number of hydrogen-bond donors (Lipinski definition) is 2. The summed E-state index contributed by atoms with van der Waals surface area (Å²) in [5.41, 5.74) is 1.57. The Morgan fingerprint density at radius 1 is 1.33 bits per heavy atom. The van der Waals surface area contributed by atoms with Crippen LogP contribution in [0, 0.1) is 11.8 Å². The molecule has 2 aromatic heterocycles. The fraction of sp³-hybridized carbons (Fsp3) is 0.364. The second-order valence-electron chi connectivity index (χ2n) is 8.53. The van der Waals surface area contributed by atoms with Crippen molar-refractivity contribution in [2.45, 2.75) is 31.7 Å². The molecule has 0 unspecified atom stereocenters. The van der Waals surface area contributed by atoms with E-state index in [1.165, 1.54) is 12.5 Å². The predicted molar refractivity (Wildman–Crippen MR) is 131 cm³/mol. The molecule has 1 aliphatic carbocycles. The van der Waals surface area contributed by atoms with E-state index in [-0.39, 0.29) is 24.1 Å². The smallest absolute Gasteiger partial charge is 0.333 e. The Balaban J connectivity index is 1.47. The lowest BCUT2D eigenvalue weighted by Crippen LogP contribution is -2.29. The molecule has 2 heterocycles. The zero-order chi connectivity index (χ0) is 26.0. The number of aliphatic hydroxyl groups is 1. The summed E-state index contributed by atoms with van der Waals surface area (Å²) in [6.07, 6.45) is 1.34. The summed E-state index contributed by atoms with van der Waals surface area (Å²) in [4.78, 5) is 21.3. The van der Waals surface area contributed by atoms with Gasteiger partial charge in [0, 0.05) is 22.8 Å². The zero-order valence-electron chi connectivity index (χ0n) is 18.7. The van der Waals surface area contributed by atoms with Gasteiger partial charge in [-0.25, -0.2) is 19.5 Å². The van der Waals surface area contributed by atoms with E-state index in [4.69, 9.17) is 16.7 Å². The molecular formula is C22H22BrClFN5O5S. The molecule has 1 saturated carbocycles. The number of alkyl halides is 1. The van der Waals surface area contributed by atoms with E-state index in [1.807, 2.05) is 12.1 Å². The third-order valence-corrected chi connectivity index (χ3v) is 7.69. The van der Waals surface area contributed by atoms with Gasteiger partial charge in [0.05, 0.1) is 35.5 Å². The van der Waals surface area contributed by atoms with Crippen LogP contribution in [0.5, 0.6) is 0 Å². The van der Waals surface area contributed by atoms with Gasteiger partial charge in [-0.2, -0.15) is 13.5 Å². The molecule has 0 spiro atoms. The van der Waals surface area contributed by atoms with Crippen LogP contribution < -0.4 is 5.14 Å². The van der Waals surface area contributed by atoms with Gasteiger partial charge in [0.25, 0.3) is 0 Å². The lowest BCUT2D eigenvalue weighted by Gasteiger charge is -2.15. The fourth-order valence-electron chi connectivity index (χ4n) is 4.23. The molecule has 14 heteroatoms. The van der Waals surface area contributed by atoms with E-state index in [0.717, 1.165) is 10.0 Å². The number of aromatic nitrogens is 4. The monoisotopic (exact) mass is 601 g/mol. The first-order valence-corrected chi connectivity index (χ1v) is 13.5. The second kappa shape index (κ2) is 11.0. The third kappa shape index (κ3) is 6.33. The summed E-state index contributed by atoms with van der Waals surface area (Å²) in [5, 5.41) is 20.0. The molecule has 36 heavy (non-hydrogen) atoms. The number of benzene rings is 1. The summed E-state index contributed by atoms with van der Waals surface area (Å²) >= 11 is 9.41. The van der Waals surface area contributed by atoms with Gasteiger partial charge < -0.3 is 5.11 Å². The Morgan fingerprint density at radius 2 is 2.11 bits per heavy atom. The van der Waals surface area contributed by atoms with Gasteiger partial charge in [-0.15, -0.1) is 0 Å². The Morgan fingerprint density at radius 3 is 2.83 bits per heavy atom. The van der Waals surface area contributed by atoms with Gasteiger partial charge in [-0.3, -0.25) is 13.7 Å². The molecule has 4 rings (SSSR count). The standard InChI is InChI=1S/C22H22BrClFN5O5S/c23-16-5-12(1-2-17(16)24)9-30-4-3-18(29-30)22(32)15-8-27-11-28-19(15)7-13-6-14(21(31)20(13)25)10-35-36(26,33)34/h1-5,8,11,13-14,20-21,31H,6-7,9-10H2,(H2,26,33,34)/t13-,14+,20+,21+/m0/s1. The highest BCUT2D eigenvalue weighted by Crippen LogP contribution is 2.37. The van der Waals surface area contributed by atoms with E-state index in [1.54, 1.807) is 23.0 Å². The molecular weight excluding hydrogens is 581 g/mol. The minimum Gasteiger partial charge on any atom is -0.390 e. The average Bonchev–Trinajstić information content (AvgIpc) is 3.40. The topological polar surface area (TPSA) is 150 Å². The second-order valence-corrected chi connectivity index (χ2v) is 11.0. The highest BCUT2D eigenvalue weighted by atomic mass is 79.9. The van der Waals surface area contributed by atoms with Crippen LogP contribution in [0.1, 0.15) is 33.7 Å². The molecule has 1 fully saturated rings. The minimum absolute atomic E-state index is 0.0349. The van der Waals surface area contributed by atoms with E-state index in [0.29, 0.717) is 17.3 Å². The lowest BCUT2D eigenvalue weighted by atomic mass is 9.95. The molecule has 1 aliphatic rings. The van der Waals surface area contributed by atoms with Crippen molar-refractivity contribution in [2.75, 3.05) is 6.61 Å². The number of carbonyl (C=O) groups is 1. The first-order chi connectivity index (χ1) is 17.0. The van der Waals surface area contributed by atoms with Crippen molar-refractivity contribution < 1.29 is 26.9 Å². The molecule has 3 aromatic rings. The van der Waals surface area contributed by atoms with Crippen LogP contribution in [0.3, 0.4) is 0 Å².